The zero-order valence-corrected chi connectivity index (χ0v) is 10.7. The maximum Gasteiger partial charge on any atom is 0.251 e. The molecule has 1 aliphatic carbocycles. The van der Waals surface area contributed by atoms with Crippen LogP contribution in [0, 0.1) is 0 Å². The predicted octanol–water partition coefficient (Wildman–Crippen LogP) is 1.63. The number of rotatable bonds is 2. The number of pyridine rings is 2. The molecule has 1 unspecified atom stereocenters. The van der Waals surface area contributed by atoms with Crippen LogP contribution in [-0.2, 0) is 13.0 Å². The maximum atomic E-state index is 12.1. The first-order chi connectivity index (χ1) is 9.25. The van der Waals surface area contributed by atoms with Crippen LogP contribution >= 0.6 is 0 Å². The van der Waals surface area contributed by atoms with Crippen molar-refractivity contribution < 1.29 is 0 Å². The molecule has 2 heterocycles. The molecule has 1 aliphatic rings. The van der Waals surface area contributed by atoms with Gasteiger partial charge in [-0.2, -0.15) is 0 Å². The fourth-order valence-corrected chi connectivity index (χ4v) is 2.75. The molecular weight excluding hydrogens is 238 g/mol. The van der Waals surface area contributed by atoms with Gasteiger partial charge in [-0.15, -0.1) is 0 Å². The first kappa shape index (κ1) is 12.1. The van der Waals surface area contributed by atoms with Crippen molar-refractivity contribution in [2.75, 3.05) is 0 Å². The highest BCUT2D eigenvalue weighted by Gasteiger charge is 2.20. The predicted molar refractivity (Wildman–Crippen MR) is 73.9 cm³/mol. The molecule has 0 amide bonds. The molecule has 0 bridgehead atoms. The summed E-state index contributed by atoms with van der Waals surface area (Å²) < 4.78 is 1.84. The van der Waals surface area contributed by atoms with Crippen LogP contribution in [0.25, 0.3) is 0 Å². The van der Waals surface area contributed by atoms with Gasteiger partial charge in [-0.1, -0.05) is 12.1 Å². The summed E-state index contributed by atoms with van der Waals surface area (Å²) in [6.07, 6.45) is 6.51. The van der Waals surface area contributed by atoms with Crippen LogP contribution in [0.1, 0.15) is 35.7 Å². The minimum Gasteiger partial charge on any atom is -0.324 e. The fraction of sp³-hybridized carbons (Fsp3) is 0.333. The Morgan fingerprint density at radius 1 is 1.37 bits per heavy atom. The SMILES string of the molecule is NC1CCCc2c1ccc(=O)n2Cc1cccnc1. The van der Waals surface area contributed by atoms with Gasteiger partial charge in [0.05, 0.1) is 6.54 Å². The second-order valence-corrected chi connectivity index (χ2v) is 5.02. The molecule has 0 fully saturated rings. The molecule has 0 saturated carbocycles. The third-order valence-corrected chi connectivity index (χ3v) is 3.72. The number of hydrogen-bond acceptors (Lipinski definition) is 3. The summed E-state index contributed by atoms with van der Waals surface area (Å²) in [5.41, 5.74) is 9.42. The maximum absolute atomic E-state index is 12.1. The van der Waals surface area contributed by atoms with Gasteiger partial charge in [0, 0.05) is 30.2 Å². The van der Waals surface area contributed by atoms with E-state index in [0.29, 0.717) is 6.54 Å². The van der Waals surface area contributed by atoms with Crippen molar-refractivity contribution in [3.63, 3.8) is 0 Å². The topological polar surface area (TPSA) is 60.9 Å². The van der Waals surface area contributed by atoms with Gasteiger partial charge >= 0.3 is 0 Å². The molecule has 98 valence electrons. The Kier molecular flexibility index (Phi) is 3.17. The molecule has 4 nitrogen and oxygen atoms in total. The molecule has 3 rings (SSSR count). The van der Waals surface area contributed by atoms with Gasteiger partial charge in [-0.05, 0) is 36.5 Å². The molecule has 1 atom stereocenters. The average Bonchev–Trinajstić information content (AvgIpc) is 2.43. The van der Waals surface area contributed by atoms with Crippen LogP contribution < -0.4 is 11.3 Å². The summed E-state index contributed by atoms with van der Waals surface area (Å²) in [7, 11) is 0. The lowest BCUT2D eigenvalue weighted by atomic mass is 9.91. The van der Waals surface area contributed by atoms with Gasteiger partial charge in [0.1, 0.15) is 0 Å². The van der Waals surface area contributed by atoms with Crippen LogP contribution in [0.15, 0.2) is 41.5 Å². The zero-order chi connectivity index (χ0) is 13.2. The molecule has 2 N–H and O–H groups in total. The molecule has 0 radical (unpaired) electrons. The van der Waals surface area contributed by atoms with E-state index in [2.05, 4.69) is 4.98 Å². The van der Waals surface area contributed by atoms with Crippen molar-refractivity contribution in [2.24, 2.45) is 5.73 Å². The summed E-state index contributed by atoms with van der Waals surface area (Å²) in [6.45, 7) is 0.572. The Hall–Kier alpha value is -1.94. The lowest BCUT2D eigenvalue weighted by molar-refractivity contribution is 0.529. The van der Waals surface area contributed by atoms with Gasteiger partial charge in [0.15, 0.2) is 0 Å². The lowest BCUT2D eigenvalue weighted by Gasteiger charge is -2.25. The molecule has 0 saturated heterocycles. The summed E-state index contributed by atoms with van der Waals surface area (Å²) >= 11 is 0. The Morgan fingerprint density at radius 3 is 3.05 bits per heavy atom. The van der Waals surface area contributed by atoms with Crippen LogP contribution in [0.2, 0.25) is 0 Å². The standard InChI is InChI=1S/C15H17N3O/c16-13-4-1-5-14-12(13)6-7-15(19)18(14)10-11-3-2-8-17-9-11/h2-3,6-9,13H,1,4-5,10,16H2. The normalized spacial score (nSPS) is 18.1. The summed E-state index contributed by atoms with van der Waals surface area (Å²) in [4.78, 5) is 16.2. The second-order valence-electron chi connectivity index (χ2n) is 5.02. The Bertz CT molecular complexity index is 634. The first-order valence-corrected chi connectivity index (χ1v) is 6.63. The molecule has 2 aromatic heterocycles. The Labute approximate surface area is 111 Å². The van der Waals surface area contributed by atoms with Gasteiger partial charge < -0.3 is 10.3 Å². The smallest absolute Gasteiger partial charge is 0.251 e. The summed E-state index contributed by atoms with van der Waals surface area (Å²) in [5.74, 6) is 0. The van der Waals surface area contributed by atoms with E-state index in [4.69, 9.17) is 5.73 Å². The van der Waals surface area contributed by atoms with Crippen molar-refractivity contribution in [3.05, 3.63) is 63.8 Å². The highest BCUT2D eigenvalue weighted by atomic mass is 16.1. The van der Waals surface area contributed by atoms with E-state index in [0.717, 1.165) is 36.1 Å². The highest BCUT2D eigenvalue weighted by Crippen LogP contribution is 2.26. The van der Waals surface area contributed by atoms with E-state index in [9.17, 15) is 4.79 Å². The van der Waals surface area contributed by atoms with Gasteiger partial charge in [0.2, 0.25) is 0 Å². The molecule has 19 heavy (non-hydrogen) atoms. The zero-order valence-electron chi connectivity index (χ0n) is 10.7. The Balaban J connectivity index is 2.06. The summed E-state index contributed by atoms with van der Waals surface area (Å²) in [5, 5.41) is 0. The van der Waals surface area contributed by atoms with E-state index in [1.807, 2.05) is 22.8 Å². The number of aromatic nitrogens is 2. The van der Waals surface area contributed by atoms with Crippen LogP contribution in [0.3, 0.4) is 0 Å². The lowest BCUT2D eigenvalue weighted by Crippen LogP contribution is -2.29. The molecule has 4 heteroatoms. The molecule has 0 aromatic carbocycles. The third-order valence-electron chi connectivity index (χ3n) is 3.72. The van der Waals surface area contributed by atoms with E-state index in [-0.39, 0.29) is 11.6 Å². The molecule has 0 spiro atoms. The van der Waals surface area contributed by atoms with Crippen LogP contribution in [-0.4, -0.2) is 9.55 Å². The molecular formula is C15H17N3O. The van der Waals surface area contributed by atoms with Gasteiger partial charge in [-0.3, -0.25) is 9.78 Å². The van der Waals surface area contributed by atoms with E-state index in [1.54, 1.807) is 18.5 Å². The van der Waals surface area contributed by atoms with Gasteiger partial charge in [-0.25, -0.2) is 0 Å². The fourth-order valence-electron chi connectivity index (χ4n) is 2.75. The first-order valence-electron chi connectivity index (χ1n) is 6.63. The average molecular weight is 255 g/mol. The van der Waals surface area contributed by atoms with Crippen molar-refractivity contribution in [1.82, 2.24) is 9.55 Å². The number of hydrogen-bond donors (Lipinski definition) is 1. The van der Waals surface area contributed by atoms with E-state index < -0.39 is 0 Å². The number of nitrogens with zero attached hydrogens (tertiary/aromatic N) is 2. The van der Waals surface area contributed by atoms with E-state index >= 15 is 0 Å². The quantitative estimate of drug-likeness (QED) is 0.887. The summed E-state index contributed by atoms with van der Waals surface area (Å²) in [6, 6.07) is 7.45. The molecule has 0 aliphatic heterocycles. The highest BCUT2D eigenvalue weighted by molar-refractivity contribution is 5.28. The van der Waals surface area contributed by atoms with Crippen LogP contribution in [0.4, 0.5) is 0 Å². The van der Waals surface area contributed by atoms with E-state index in [1.165, 1.54) is 0 Å². The third kappa shape index (κ3) is 2.31. The van der Waals surface area contributed by atoms with Crippen molar-refractivity contribution in [2.45, 2.75) is 31.8 Å². The van der Waals surface area contributed by atoms with Gasteiger partial charge in [0.25, 0.3) is 5.56 Å². The van der Waals surface area contributed by atoms with Crippen LogP contribution in [0.5, 0.6) is 0 Å². The number of fused-ring (bicyclic) bond motifs is 1. The Morgan fingerprint density at radius 2 is 2.26 bits per heavy atom. The van der Waals surface area contributed by atoms with Crippen molar-refractivity contribution in [1.29, 1.82) is 0 Å². The minimum atomic E-state index is 0.0386. The monoisotopic (exact) mass is 255 g/mol. The second kappa shape index (κ2) is 4.97. The van der Waals surface area contributed by atoms with Crippen molar-refractivity contribution >= 4 is 0 Å². The largest absolute Gasteiger partial charge is 0.324 e. The molecule has 2 aromatic rings. The van der Waals surface area contributed by atoms with Crippen molar-refractivity contribution in [3.8, 4) is 0 Å². The number of nitrogens with two attached hydrogens (primary N) is 1. The minimum absolute atomic E-state index is 0.0386.